The van der Waals surface area contributed by atoms with E-state index < -0.39 is 30.2 Å². The molecule has 1 aliphatic heterocycles. The first-order valence-electron chi connectivity index (χ1n) is 5.42. The average Bonchev–Trinajstić information content (AvgIpc) is 2.31. The van der Waals surface area contributed by atoms with Crippen molar-refractivity contribution in [2.24, 2.45) is 5.92 Å². The summed E-state index contributed by atoms with van der Waals surface area (Å²) in [6.07, 6.45) is -2.97. The van der Waals surface area contributed by atoms with Crippen LogP contribution >= 0.6 is 11.6 Å². The molecular weight excluding hydrogens is 271 g/mol. The second kappa shape index (κ2) is 4.93. The summed E-state index contributed by atoms with van der Waals surface area (Å²) in [7, 11) is 0. The third-order valence-corrected chi connectivity index (χ3v) is 3.29. The molecular formula is C11H11ClF3NO2. The number of alkyl halides is 3. The highest BCUT2D eigenvalue weighted by molar-refractivity contribution is 6.30. The fourth-order valence-corrected chi connectivity index (χ4v) is 2.35. The van der Waals surface area contributed by atoms with E-state index in [1.54, 1.807) is 0 Å². The van der Waals surface area contributed by atoms with Gasteiger partial charge >= 0.3 is 6.18 Å². The summed E-state index contributed by atoms with van der Waals surface area (Å²) >= 11 is 5.72. The molecule has 2 atom stereocenters. The lowest BCUT2D eigenvalue weighted by molar-refractivity contribution is -0.205. The number of hydrogen-bond acceptors (Lipinski definition) is 2. The predicted octanol–water partition coefficient (Wildman–Crippen LogP) is 2.71. The summed E-state index contributed by atoms with van der Waals surface area (Å²) in [5.41, 5.74) is -0.450. The second-order valence-electron chi connectivity index (χ2n) is 4.22. The molecule has 100 valence electrons. The number of rotatable bonds is 1. The van der Waals surface area contributed by atoms with E-state index in [0.717, 1.165) is 0 Å². The molecule has 1 aromatic heterocycles. The number of aromatic nitrogens is 1. The van der Waals surface area contributed by atoms with Gasteiger partial charge in [-0.2, -0.15) is 13.2 Å². The molecule has 2 unspecified atom stereocenters. The highest BCUT2D eigenvalue weighted by atomic mass is 35.5. The lowest BCUT2D eigenvalue weighted by atomic mass is 9.83. The van der Waals surface area contributed by atoms with Crippen LogP contribution < -0.4 is 5.56 Å². The van der Waals surface area contributed by atoms with Crippen LogP contribution in [0.25, 0.3) is 0 Å². The van der Waals surface area contributed by atoms with Crippen LogP contribution in [-0.2, 0) is 4.74 Å². The van der Waals surface area contributed by atoms with Gasteiger partial charge in [-0.3, -0.25) is 4.79 Å². The molecule has 1 fully saturated rings. The Labute approximate surface area is 106 Å². The Bertz CT molecular complexity index is 486. The van der Waals surface area contributed by atoms with Crippen LogP contribution in [-0.4, -0.2) is 24.4 Å². The zero-order chi connectivity index (χ0) is 13.3. The SMILES string of the molecule is O=c1[nH]cc(Cl)cc1C1CCOCC1C(F)(F)F. The van der Waals surface area contributed by atoms with Gasteiger partial charge in [-0.1, -0.05) is 11.6 Å². The van der Waals surface area contributed by atoms with Gasteiger partial charge in [0, 0.05) is 24.3 Å². The van der Waals surface area contributed by atoms with E-state index in [-0.39, 0.29) is 23.6 Å². The van der Waals surface area contributed by atoms with Crippen molar-refractivity contribution in [1.29, 1.82) is 0 Å². The monoisotopic (exact) mass is 281 g/mol. The molecule has 0 amide bonds. The maximum Gasteiger partial charge on any atom is 0.394 e. The van der Waals surface area contributed by atoms with Gasteiger partial charge in [0.25, 0.3) is 5.56 Å². The number of nitrogens with one attached hydrogen (secondary N) is 1. The highest BCUT2D eigenvalue weighted by Gasteiger charge is 2.47. The summed E-state index contributed by atoms with van der Waals surface area (Å²) in [6.45, 7) is -0.205. The molecule has 1 saturated heterocycles. The lowest BCUT2D eigenvalue weighted by Crippen LogP contribution is -2.39. The van der Waals surface area contributed by atoms with Gasteiger partial charge in [0.15, 0.2) is 0 Å². The Morgan fingerprint density at radius 3 is 2.83 bits per heavy atom. The van der Waals surface area contributed by atoms with E-state index in [1.807, 2.05) is 0 Å². The number of pyridine rings is 1. The third-order valence-electron chi connectivity index (χ3n) is 3.07. The first-order chi connectivity index (χ1) is 8.39. The third kappa shape index (κ3) is 2.70. The Hall–Kier alpha value is -1.01. The van der Waals surface area contributed by atoms with Gasteiger partial charge in [-0.25, -0.2) is 0 Å². The molecule has 2 heterocycles. The van der Waals surface area contributed by atoms with Crippen LogP contribution in [0.1, 0.15) is 17.9 Å². The van der Waals surface area contributed by atoms with Crippen LogP contribution in [0.2, 0.25) is 5.02 Å². The number of hydrogen-bond donors (Lipinski definition) is 1. The molecule has 0 spiro atoms. The molecule has 2 rings (SSSR count). The molecule has 0 saturated carbocycles. The van der Waals surface area contributed by atoms with Crippen LogP contribution in [0.4, 0.5) is 13.2 Å². The summed E-state index contributed by atoms with van der Waals surface area (Å²) in [4.78, 5) is 14.0. The topological polar surface area (TPSA) is 42.1 Å². The molecule has 1 aromatic rings. The summed E-state index contributed by atoms with van der Waals surface area (Å²) in [5, 5.41) is 0.219. The minimum absolute atomic E-state index is 0.0770. The van der Waals surface area contributed by atoms with E-state index >= 15 is 0 Å². The van der Waals surface area contributed by atoms with Gasteiger partial charge in [0.05, 0.1) is 17.5 Å². The minimum atomic E-state index is -4.39. The van der Waals surface area contributed by atoms with Crippen molar-refractivity contribution in [3.05, 3.63) is 33.2 Å². The van der Waals surface area contributed by atoms with E-state index in [1.165, 1.54) is 12.3 Å². The Balaban J connectivity index is 2.40. The van der Waals surface area contributed by atoms with Crippen molar-refractivity contribution < 1.29 is 17.9 Å². The van der Waals surface area contributed by atoms with Gasteiger partial charge in [-0.05, 0) is 12.5 Å². The van der Waals surface area contributed by atoms with Crippen LogP contribution in [0.5, 0.6) is 0 Å². The maximum atomic E-state index is 12.9. The van der Waals surface area contributed by atoms with Crippen LogP contribution in [0, 0.1) is 5.92 Å². The average molecular weight is 282 g/mol. The van der Waals surface area contributed by atoms with Crippen molar-refractivity contribution >= 4 is 11.6 Å². The van der Waals surface area contributed by atoms with Crippen molar-refractivity contribution in [2.75, 3.05) is 13.2 Å². The van der Waals surface area contributed by atoms with Gasteiger partial charge in [-0.15, -0.1) is 0 Å². The first kappa shape index (κ1) is 13.4. The molecule has 7 heteroatoms. The normalized spacial score (nSPS) is 25.1. The van der Waals surface area contributed by atoms with Crippen molar-refractivity contribution in [2.45, 2.75) is 18.5 Å². The molecule has 0 aromatic carbocycles. The van der Waals surface area contributed by atoms with Gasteiger partial charge in [0.2, 0.25) is 0 Å². The molecule has 3 nitrogen and oxygen atoms in total. The van der Waals surface area contributed by atoms with Gasteiger partial charge in [0.1, 0.15) is 0 Å². The molecule has 0 radical (unpaired) electrons. The Kier molecular flexibility index (Phi) is 3.68. The van der Waals surface area contributed by atoms with Gasteiger partial charge < -0.3 is 9.72 Å². The Morgan fingerprint density at radius 1 is 1.44 bits per heavy atom. The minimum Gasteiger partial charge on any atom is -0.381 e. The smallest absolute Gasteiger partial charge is 0.381 e. The van der Waals surface area contributed by atoms with Crippen LogP contribution in [0.3, 0.4) is 0 Å². The maximum absolute atomic E-state index is 12.9. The van der Waals surface area contributed by atoms with Crippen molar-refractivity contribution in [3.8, 4) is 0 Å². The largest absolute Gasteiger partial charge is 0.394 e. The number of halogens is 4. The van der Waals surface area contributed by atoms with E-state index in [4.69, 9.17) is 16.3 Å². The van der Waals surface area contributed by atoms with E-state index in [9.17, 15) is 18.0 Å². The zero-order valence-corrected chi connectivity index (χ0v) is 10.0. The molecule has 0 aliphatic carbocycles. The zero-order valence-electron chi connectivity index (χ0n) is 9.26. The Morgan fingerprint density at radius 2 is 2.17 bits per heavy atom. The summed E-state index contributed by atoms with van der Waals surface area (Å²) in [6, 6.07) is 1.30. The van der Waals surface area contributed by atoms with E-state index in [2.05, 4.69) is 4.98 Å². The molecule has 1 N–H and O–H groups in total. The van der Waals surface area contributed by atoms with Crippen molar-refractivity contribution in [1.82, 2.24) is 4.98 Å². The number of aromatic amines is 1. The lowest BCUT2D eigenvalue weighted by Gasteiger charge is -2.32. The fourth-order valence-electron chi connectivity index (χ4n) is 2.18. The van der Waals surface area contributed by atoms with Crippen LogP contribution in [0.15, 0.2) is 17.1 Å². The molecule has 18 heavy (non-hydrogen) atoms. The standard InChI is InChI=1S/C11H11ClF3NO2/c12-6-3-8(10(17)16-4-6)7-1-2-18-5-9(7)11(13,14)15/h3-4,7,9H,1-2,5H2,(H,16,17). The summed E-state index contributed by atoms with van der Waals surface area (Å²) in [5.74, 6) is -2.56. The fraction of sp³-hybridized carbons (Fsp3) is 0.545. The number of H-pyrrole nitrogens is 1. The van der Waals surface area contributed by atoms with E-state index in [0.29, 0.717) is 0 Å². The summed E-state index contributed by atoms with van der Waals surface area (Å²) < 4.78 is 43.5. The molecule has 1 aliphatic rings. The second-order valence-corrected chi connectivity index (χ2v) is 4.66. The first-order valence-corrected chi connectivity index (χ1v) is 5.80. The molecule has 0 bridgehead atoms. The highest BCUT2D eigenvalue weighted by Crippen LogP contribution is 2.41. The predicted molar refractivity (Wildman–Crippen MR) is 59.8 cm³/mol. The quantitative estimate of drug-likeness (QED) is 0.860. The van der Waals surface area contributed by atoms with Crippen molar-refractivity contribution in [3.63, 3.8) is 0 Å². The number of ether oxygens (including phenoxy) is 1.